The number of likely N-dealkylation sites (N-methyl/N-ethyl adjacent to an activating group) is 1. The van der Waals surface area contributed by atoms with Gasteiger partial charge in [-0.2, -0.15) is 0 Å². The molecule has 0 fully saturated rings. The molecular weight excluding hydrogens is 338 g/mol. The van der Waals surface area contributed by atoms with Crippen molar-refractivity contribution in [3.63, 3.8) is 0 Å². The van der Waals surface area contributed by atoms with E-state index in [2.05, 4.69) is 10.4 Å². The van der Waals surface area contributed by atoms with Crippen LogP contribution in [0.2, 0.25) is 0 Å². The predicted octanol–water partition coefficient (Wildman–Crippen LogP) is 0.558. The molecule has 9 nitrogen and oxygen atoms in total. The first-order valence-corrected chi connectivity index (χ1v) is 8.53. The highest BCUT2D eigenvalue weighted by molar-refractivity contribution is 5.92. The van der Waals surface area contributed by atoms with Crippen LogP contribution in [-0.4, -0.2) is 50.8 Å². The van der Waals surface area contributed by atoms with Crippen molar-refractivity contribution in [2.45, 2.75) is 26.9 Å². The lowest BCUT2D eigenvalue weighted by Gasteiger charge is -2.24. The van der Waals surface area contributed by atoms with Crippen LogP contribution >= 0.6 is 0 Å². The van der Waals surface area contributed by atoms with E-state index in [-0.39, 0.29) is 18.3 Å². The lowest BCUT2D eigenvalue weighted by atomic mass is 10.3. The fourth-order valence-electron chi connectivity index (χ4n) is 2.81. The quantitative estimate of drug-likeness (QED) is 0.812. The molecule has 9 heteroatoms. The number of fused-ring (bicyclic) bond motifs is 1. The van der Waals surface area contributed by atoms with Crippen LogP contribution in [0, 0.1) is 0 Å². The van der Waals surface area contributed by atoms with Gasteiger partial charge in [0.25, 0.3) is 5.91 Å². The van der Waals surface area contributed by atoms with Gasteiger partial charge in [0.2, 0.25) is 11.7 Å². The molecule has 1 aliphatic heterocycles. The molecule has 1 aromatic heterocycles. The minimum Gasteiger partial charge on any atom is -0.494 e. The third kappa shape index (κ3) is 3.46. The minimum atomic E-state index is -0.453. The smallest absolute Gasteiger partial charge is 0.346 e. The van der Waals surface area contributed by atoms with E-state index in [1.54, 1.807) is 29.2 Å². The van der Waals surface area contributed by atoms with Gasteiger partial charge < -0.3 is 15.0 Å². The molecular formula is C17H21N5O4. The molecule has 0 bridgehead atoms. The van der Waals surface area contributed by atoms with E-state index in [1.165, 1.54) is 4.57 Å². The van der Waals surface area contributed by atoms with E-state index in [9.17, 15) is 14.4 Å². The zero-order valence-corrected chi connectivity index (χ0v) is 14.8. The summed E-state index contributed by atoms with van der Waals surface area (Å²) in [6, 6.07) is 6.93. The molecule has 0 saturated carbocycles. The average Bonchev–Trinajstić information content (AvgIpc) is 2.94. The normalized spacial score (nSPS) is 13.5. The fraction of sp³-hybridized carbons (Fsp3) is 0.412. The second-order valence-corrected chi connectivity index (χ2v) is 5.81. The van der Waals surface area contributed by atoms with Gasteiger partial charge in [-0.15, -0.1) is 5.10 Å². The Kier molecular flexibility index (Phi) is 5.06. The number of nitrogens with one attached hydrogen (secondary N) is 1. The van der Waals surface area contributed by atoms with Crippen molar-refractivity contribution in [1.29, 1.82) is 0 Å². The molecule has 2 heterocycles. The van der Waals surface area contributed by atoms with E-state index in [1.807, 2.05) is 13.8 Å². The molecule has 0 aliphatic carbocycles. The van der Waals surface area contributed by atoms with Gasteiger partial charge in [0.1, 0.15) is 12.3 Å². The van der Waals surface area contributed by atoms with Crippen molar-refractivity contribution in [2.24, 2.45) is 0 Å². The predicted molar refractivity (Wildman–Crippen MR) is 94.3 cm³/mol. The molecule has 1 aliphatic rings. The Morgan fingerprint density at radius 2 is 1.92 bits per heavy atom. The molecule has 0 saturated heterocycles. The van der Waals surface area contributed by atoms with Crippen molar-refractivity contribution in [1.82, 2.24) is 19.2 Å². The Morgan fingerprint density at radius 3 is 2.58 bits per heavy atom. The van der Waals surface area contributed by atoms with Gasteiger partial charge in [-0.1, -0.05) is 0 Å². The number of ether oxygens (including phenoxy) is 1. The Bertz CT molecular complexity index is 868. The number of benzene rings is 1. The number of rotatable bonds is 6. The van der Waals surface area contributed by atoms with Crippen LogP contribution in [0.25, 0.3) is 0 Å². The average molecular weight is 359 g/mol. The van der Waals surface area contributed by atoms with Gasteiger partial charge in [-0.05, 0) is 38.1 Å². The molecule has 0 unspecified atom stereocenters. The molecule has 2 amide bonds. The van der Waals surface area contributed by atoms with Gasteiger partial charge in [-0.25, -0.2) is 9.48 Å². The maximum atomic E-state index is 12.4. The zero-order chi connectivity index (χ0) is 18.7. The van der Waals surface area contributed by atoms with Crippen molar-refractivity contribution in [3.05, 3.63) is 40.6 Å². The van der Waals surface area contributed by atoms with E-state index in [0.717, 1.165) is 4.68 Å². The molecule has 1 N–H and O–H groups in total. The summed E-state index contributed by atoms with van der Waals surface area (Å²) >= 11 is 0. The highest BCUT2D eigenvalue weighted by Crippen LogP contribution is 2.15. The second kappa shape index (κ2) is 7.42. The summed E-state index contributed by atoms with van der Waals surface area (Å²) in [5.41, 5.74) is 0.134. The standard InChI is InChI=1S/C17H21N5O4/c1-3-20-9-10-21-15(16(20)24)19-22(17(21)25)11-14(23)18-12-5-7-13(8-6-12)26-4-2/h5-8H,3-4,9-11H2,1-2H3,(H,18,23). The van der Waals surface area contributed by atoms with Crippen LogP contribution in [0.1, 0.15) is 24.5 Å². The second-order valence-electron chi connectivity index (χ2n) is 5.81. The van der Waals surface area contributed by atoms with Gasteiger partial charge in [0, 0.05) is 25.3 Å². The van der Waals surface area contributed by atoms with Crippen molar-refractivity contribution >= 4 is 17.5 Å². The van der Waals surface area contributed by atoms with Crippen molar-refractivity contribution in [3.8, 4) is 5.75 Å². The van der Waals surface area contributed by atoms with Crippen LogP contribution in [-0.2, 0) is 17.9 Å². The number of nitrogens with zero attached hydrogens (tertiary/aromatic N) is 4. The molecule has 138 valence electrons. The van der Waals surface area contributed by atoms with Gasteiger partial charge in [-0.3, -0.25) is 14.2 Å². The van der Waals surface area contributed by atoms with E-state index >= 15 is 0 Å². The Balaban J connectivity index is 1.70. The maximum Gasteiger partial charge on any atom is 0.346 e. The number of amides is 2. The van der Waals surface area contributed by atoms with Crippen LogP contribution in [0.3, 0.4) is 0 Å². The van der Waals surface area contributed by atoms with Crippen molar-refractivity contribution < 1.29 is 14.3 Å². The molecule has 0 atom stereocenters. The summed E-state index contributed by atoms with van der Waals surface area (Å²) in [5.74, 6) is 0.104. The van der Waals surface area contributed by atoms with E-state index in [4.69, 9.17) is 4.74 Å². The summed E-state index contributed by atoms with van der Waals surface area (Å²) in [6.45, 7) is 5.47. The maximum absolute atomic E-state index is 12.4. The van der Waals surface area contributed by atoms with E-state index < -0.39 is 11.6 Å². The van der Waals surface area contributed by atoms with Crippen LogP contribution in [0.15, 0.2) is 29.1 Å². The number of hydrogen-bond donors (Lipinski definition) is 1. The van der Waals surface area contributed by atoms with Crippen LogP contribution in [0.5, 0.6) is 5.75 Å². The summed E-state index contributed by atoms with van der Waals surface area (Å²) in [4.78, 5) is 38.4. The number of carbonyl (C=O) groups is 2. The third-order valence-electron chi connectivity index (χ3n) is 4.12. The highest BCUT2D eigenvalue weighted by atomic mass is 16.5. The summed E-state index contributed by atoms with van der Waals surface area (Å²) in [7, 11) is 0. The lowest BCUT2D eigenvalue weighted by Crippen LogP contribution is -2.42. The third-order valence-corrected chi connectivity index (χ3v) is 4.12. The summed E-state index contributed by atoms with van der Waals surface area (Å²) < 4.78 is 7.69. The lowest BCUT2D eigenvalue weighted by molar-refractivity contribution is -0.117. The number of hydrogen-bond acceptors (Lipinski definition) is 5. The molecule has 2 aromatic rings. The molecule has 1 aromatic carbocycles. The van der Waals surface area contributed by atoms with Gasteiger partial charge in [0.15, 0.2) is 0 Å². The number of aromatic nitrogens is 3. The zero-order valence-electron chi connectivity index (χ0n) is 14.8. The monoisotopic (exact) mass is 359 g/mol. The van der Waals surface area contributed by atoms with Crippen molar-refractivity contribution in [2.75, 3.05) is 25.0 Å². The van der Waals surface area contributed by atoms with E-state index in [0.29, 0.717) is 37.7 Å². The molecule has 26 heavy (non-hydrogen) atoms. The van der Waals surface area contributed by atoms with Gasteiger partial charge >= 0.3 is 5.69 Å². The summed E-state index contributed by atoms with van der Waals surface area (Å²) in [5, 5.41) is 6.74. The minimum absolute atomic E-state index is 0.0805. The largest absolute Gasteiger partial charge is 0.494 e. The highest BCUT2D eigenvalue weighted by Gasteiger charge is 2.28. The molecule has 0 radical (unpaired) electrons. The fourth-order valence-corrected chi connectivity index (χ4v) is 2.81. The Morgan fingerprint density at radius 1 is 1.19 bits per heavy atom. The number of anilines is 1. The Hall–Kier alpha value is -3.10. The van der Waals surface area contributed by atoms with Crippen LogP contribution < -0.4 is 15.7 Å². The topological polar surface area (TPSA) is 98.5 Å². The molecule has 3 rings (SSSR count). The SMILES string of the molecule is CCOc1ccc(NC(=O)Cn2nc3n(c2=O)CCN(CC)C3=O)cc1. The molecule has 0 spiro atoms. The number of carbonyl (C=O) groups excluding carboxylic acids is 2. The Labute approximate surface area is 150 Å². The first-order valence-electron chi connectivity index (χ1n) is 8.53. The first kappa shape index (κ1) is 17.7. The first-order chi connectivity index (χ1) is 12.5. The van der Waals surface area contributed by atoms with Crippen LogP contribution in [0.4, 0.5) is 5.69 Å². The summed E-state index contributed by atoms with van der Waals surface area (Å²) in [6.07, 6.45) is 0. The van der Waals surface area contributed by atoms with Gasteiger partial charge in [0.05, 0.1) is 6.61 Å².